The molecule has 1 heterocycles. The maximum absolute atomic E-state index is 15.6. The lowest BCUT2D eigenvalue weighted by atomic mass is 9.72. The summed E-state index contributed by atoms with van der Waals surface area (Å²) in [7, 11) is 1.28. The largest absolute Gasteiger partial charge is 0.480 e. The Hall–Kier alpha value is -4.28. The van der Waals surface area contributed by atoms with E-state index in [0.29, 0.717) is 54.6 Å². The summed E-state index contributed by atoms with van der Waals surface area (Å²) in [5.41, 5.74) is 2.23. The SMILES string of the molecule is COC(=O)NCCC[C@@](O)(c1cccc(F)c1-c1cccc(C)c1)[C@@H]1CCCN(C(=O)c2ccc(CN[C@@H](C)C(=O)O)cc2)C1. The smallest absolute Gasteiger partial charge is 0.406 e. The molecule has 1 aliphatic rings. The van der Waals surface area contributed by atoms with Crippen molar-refractivity contribution in [1.82, 2.24) is 15.5 Å². The zero-order chi connectivity index (χ0) is 32.6. The number of aryl methyl sites for hydroxylation is 1. The Labute approximate surface area is 263 Å². The molecule has 4 N–H and O–H groups in total. The number of rotatable bonds is 12. The molecule has 240 valence electrons. The van der Waals surface area contributed by atoms with Gasteiger partial charge in [0.2, 0.25) is 0 Å². The first-order valence-electron chi connectivity index (χ1n) is 15.3. The third kappa shape index (κ3) is 8.26. The first-order chi connectivity index (χ1) is 21.5. The van der Waals surface area contributed by atoms with Gasteiger partial charge in [0.15, 0.2) is 0 Å². The van der Waals surface area contributed by atoms with Crippen molar-refractivity contribution in [3.8, 4) is 11.1 Å². The molecule has 0 unspecified atom stereocenters. The van der Waals surface area contributed by atoms with E-state index in [2.05, 4.69) is 15.4 Å². The van der Waals surface area contributed by atoms with Crippen LogP contribution in [-0.4, -0.2) is 65.9 Å². The van der Waals surface area contributed by atoms with Crippen molar-refractivity contribution < 1.29 is 33.7 Å². The van der Waals surface area contributed by atoms with Crippen LogP contribution >= 0.6 is 0 Å². The molecule has 2 amide bonds. The first kappa shape index (κ1) is 33.6. The molecule has 1 saturated heterocycles. The van der Waals surface area contributed by atoms with Crippen LogP contribution in [0.4, 0.5) is 9.18 Å². The van der Waals surface area contributed by atoms with Gasteiger partial charge in [0.25, 0.3) is 5.91 Å². The number of amides is 2. The second-order valence-corrected chi connectivity index (χ2v) is 11.7. The van der Waals surface area contributed by atoms with Gasteiger partial charge in [0.05, 0.1) is 12.7 Å². The zero-order valence-corrected chi connectivity index (χ0v) is 26.0. The zero-order valence-electron chi connectivity index (χ0n) is 26.0. The monoisotopic (exact) mass is 619 g/mol. The molecule has 0 aliphatic carbocycles. The standard InChI is InChI=1S/C35H42FN3O6/c1-23-8-4-9-27(20-23)31-29(11-5-12-30(31)36)35(44,17-7-18-37-34(43)45-3)28-10-6-19-39(22-28)32(40)26-15-13-25(14-16-26)21-38-24(2)33(41)42/h4-5,8-9,11-16,20,24,28,38,44H,6-7,10,17-19,21-22H2,1-3H3,(H,37,43)(H,41,42)/t24-,28+,35-/m0/s1. The molecule has 3 aromatic carbocycles. The van der Waals surface area contributed by atoms with E-state index < -0.39 is 35.4 Å². The fourth-order valence-corrected chi connectivity index (χ4v) is 6.02. The number of hydrogen-bond acceptors (Lipinski definition) is 6. The van der Waals surface area contributed by atoms with E-state index in [1.807, 2.05) is 31.2 Å². The summed E-state index contributed by atoms with van der Waals surface area (Å²) in [5.74, 6) is -1.96. The van der Waals surface area contributed by atoms with Crippen molar-refractivity contribution in [3.05, 3.63) is 94.8 Å². The highest BCUT2D eigenvalue weighted by atomic mass is 19.1. The molecule has 0 spiro atoms. The number of ether oxygens (including phenoxy) is 1. The first-order valence-corrected chi connectivity index (χ1v) is 15.3. The number of carboxylic acids is 1. The van der Waals surface area contributed by atoms with E-state index in [1.165, 1.54) is 13.2 Å². The van der Waals surface area contributed by atoms with Crippen LogP contribution in [0.1, 0.15) is 59.7 Å². The van der Waals surface area contributed by atoms with Crippen LogP contribution in [0.15, 0.2) is 66.7 Å². The van der Waals surface area contributed by atoms with Crippen LogP contribution in [0, 0.1) is 18.7 Å². The van der Waals surface area contributed by atoms with E-state index in [9.17, 15) is 19.5 Å². The minimum absolute atomic E-state index is 0.175. The molecule has 45 heavy (non-hydrogen) atoms. The molecule has 0 saturated carbocycles. The number of halogens is 1. The number of nitrogens with zero attached hydrogens (tertiary/aromatic N) is 1. The predicted molar refractivity (Wildman–Crippen MR) is 169 cm³/mol. The molecule has 0 aromatic heterocycles. The quantitative estimate of drug-likeness (QED) is 0.204. The number of piperidine rings is 1. The lowest BCUT2D eigenvalue weighted by molar-refractivity contribution is -0.139. The van der Waals surface area contributed by atoms with Crippen molar-refractivity contribution >= 4 is 18.0 Å². The van der Waals surface area contributed by atoms with Crippen LogP contribution < -0.4 is 10.6 Å². The minimum Gasteiger partial charge on any atom is -0.480 e. The van der Waals surface area contributed by atoms with Crippen LogP contribution in [0.25, 0.3) is 11.1 Å². The summed E-state index contributed by atoms with van der Waals surface area (Å²) in [6.45, 7) is 4.89. The molecule has 4 rings (SSSR count). The Balaban J connectivity index is 1.61. The van der Waals surface area contributed by atoms with Gasteiger partial charge < -0.3 is 30.5 Å². The van der Waals surface area contributed by atoms with Crippen LogP contribution in [0.2, 0.25) is 0 Å². The van der Waals surface area contributed by atoms with E-state index in [4.69, 9.17) is 5.11 Å². The van der Waals surface area contributed by atoms with Crippen molar-refractivity contribution in [2.45, 2.75) is 57.7 Å². The topological polar surface area (TPSA) is 128 Å². The third-order valence-corrected chi connectivity index (χ3v) is 8.54. The highest BCUT2D eigenvalue weighted by Crippen LogP contribution is 2.44. The lowest BCUT2D eigenvalue weighted by Crippen LogP contribution is -2.48. The number of likely N-dealkylation sites (tertiary alicyclic amines) is 1. The molecule has 1 fully saturated rings. The van der Waals surface area contributed by atoms with Gasteiger partial charge in [0, 0.05) is 43.2 Å². The number of carbonyl (C=O) groups is 3. The Morgan fingerprint density at radius 2 is 1.84 bits per heavy atom. The Morgan fingerprint density at radius 3 is 2.53 bits per heavy atom. The highest BCUT2D eigenvalue weighted by molar-refractivity contribution is 5.94. The molecule has 0 bridgehead atoms. The number of alkyl carbamates (subject to hydrolysis) is 1. The van der Waals surface area contributed by atoms with Crippen molar-refractivity contribution in [2.75, 3.05) is 26.7 Å². The van der Waals surface area contributed by atoms with Gasteiger partial charge in [0.1, 0.15) is 11.9 Å². The third-order valence-electron chi connectivity index (χ3n) is 8.54. The highest BCUT2D eigenvalue weighted by Gasteiger charge is 2.43. The van der Waals surface area contributed by atoms with E-state index >= 15 is 4.39 Å². The van der Waals surface area contributed by atoms with Gasteiger partial charge >= 0.3 is 12.1 Å². The van der Waals surface area contributed by atoms with Crippen molar-refractivity contribution in [1.29, 1.82) is 0 Å². The Morgan fingerprint density at radius 1 is 1.11 bits per heavy atom. The predicted octanol–water partition coefficient (Wildman–Crippen LogP) is 5.24. The molecular weight excluding hydrogens is 577 g/mol. The van der Waals surface area contributed by atoms with Crippen LogP contribution in [0.3, 0.4) is 0 Å². The number of carbonyl (C=O) groups excluding carboxylic acids is 2. The number of carboxylic acid groups (broad SMARTS) is 1. The maximum atomic E-state index is 15.6. The van der Waals surface area contributed by atoms with Crippen molar-refractivity contribution in [3.63, 3.8) is 0 Å². The number of aliphatic carboxylic acids is 1. The van der Waals surface area contributed by atoms with Gasteiger partial charge in [-0.15, -0.1) is 0 Å². The fraction of sp³-hybridized carbons (Fsp3) is 0.400. The summed E-state index contributed by atoms with van der Waals surface area (Å²) in [4.78, 5) is 38.2. The normalized spacial score (nSPS) is 16.8. The molecule has 3 aromatic rings. The second kappa shape index (κ2) is 15.1. The average Bonchev–Trinajstić information content (AvgIpc) is 3.05. The molecule has 10 heteroatoms. The second-order valence-electron chi connectivity index (χ2n) is 11.7. The summed E-state index contributed by atoms with van der Waals surface area (Å²) >= 11 is 0. The Bertz CT molecular complexity index is 1500. The molecule has 1 aliphatic heterocycles. The summed E-state index contributed by atoms with van der Waals surface area (Å²) < 4.78 is 20.3. The number of nitrogens with one attached hydrogen (secondary N) is 2. The summed E-state index contributed by atoms with van der Waals surface area (Å²) in [6.07, 6.45) is 1.33. The van der Waals surface area contributed by atoms with E-state index in [0.717, 1.165) is 11.1 Å². The number of aliphatic hydroxyl groups is 1. The maximum Gasteiger partial charge on any atom is 0.406 e. The van der Waals surface area contributed by atoms with Gasteiger partial charge in [-0.2, -0.15) is 0 Å². The van der Waals surface area contributed by atoms with Crippen LogP contribution in [0.5, 0.6) is 0 Å². The number of methoxy groups -OCH3 is 1. The molecular formula is C35H42FN3O6. The van der Waals surface area contributed by atoms with Gasteiger partial charge in [-0.25, -0.2) is 9.18 Å². The Kier molecular flexibility index (Phi) is 11.3. The van der Waals surface area contributed by atoms with Crippen LogP contribution in [-0.2, 0) is 21.7 Å². The number of hydrogen-bond donors (Lipinski definition) is 4. The molecule has 9 nitrogen and oxygen atoms in total. The lowest BCUT2D eigenvalue weighted by Gasteiger charge is -2.43. The molecule has 0 radical (unpaired) electrons. The van der Waals surface area contributed by atoms with Crippen molar-refractivity contribution in [2.24, 2.45) is 5.92 Å². The minimum atomic E-state index is -1.51. The van der Waals surface area contributed by atoms with E-state index in [1.54, 1.807) is 48.2 Å². The molecule has 3 atom stereocenters. The summed E-state index contributed by atoms with van der Waals surface area (Å²) in [5, 5.41) is 27.3. The van der Waals surface area contributed by atoms with Gasteiger partial charge in [-0.1, -0.05) is 54.1 Å². The van der Waals surface area contributed by atoms with Gasteiger partial charge in [-0.05, 0) is 74.4 Å². The summed E-state index contributed by atoms with van der Waals surface area (Å²) in [6, 6.07) is 18.6. The number of benzene rings is 3. The van der Waals surface area contributed by atoms with Gasteiger partial charge in [-0.3, -0.25) is 9.59 Å². The average molecular weight is 620 g/mol. The van der Waals surface area contributed by atoms with E-state index in [-0.39, 0.29) is 25.4 Å². The fourth-order valence-electron chi connectivity index (χ4n) is 6.02.